The largest absolute Gasteiger partial charge is 0.480 e. The molecule has 6 heteroatoms. The number of benzene rings is 1. The van der Waals surface area contributed by atoms with Crippen LogP contribution in [-0.2, 0) is 20.9 Å². The van der Waals surface area contributed by atoms with E-state index in [4.69, 9.17) is 9.47 Å². The summed E-state index contributed by atoms with van der Waals surface area (Å²) in [4.78, 5) is 15.6. The lowest BCUT2D eigenvalue weighted by Gasteiger charge is -2.36. The first-order valence-corrected chi connectivity index (χ1v) is 12.9. The van der Waals surface area contributed by atoms with Gasteiger partial charge in [0.15, 0.2) is 0 Å². The number of allylic oxidation sites excluding steroid dienone is 1. The Labute approximate surface area is 201 Å². The maximum Gasteiger partial charge on any atom is 0.320 e. The van der Waals surface area contributed by atoms with Crippen molar-refractivity contribution in [3.8, 4) is 0 Å². The van der Waals surface area contributed by atoms with E-state index in [2.05, 4.69) is 47.5 Å². The lowest BCUT2D eigenvalue weighted by molar-refractivity contribution is -0.145. The molecule has 0 bridgehead atoms. The number of thiophene rings is 1. The van der Waals surface area contributed by atoms with Crippen molar-refractivity contribution in [1.29, 1.82) is 0 Å². The zero-order chi connectivity index (χ0) is 23.1. The monoisotopic (exact) mass is 469 g/mol. The minimum atomic E-state index is -0.741. The van der Waals surface area contributed by atoms with Crippen molar-refractivity contribution in [2.24, 2.45) is 0 Å². The summed E-state index contributed by atoms with van der Waals surface area (Å²) in [6.45, 7) is 5.21. The summed E-state index contributed by atoms with van der Waals surface area (Å²) in [7, 11) is 0. The molecule has 2 aliphatic rings. The quantitative estimate of drug-likeness (QED) is 0.467. The van der Waals surface area contributed by atoms with E-state index in [-0.39, 0.29) is 5.60 Å². The Hall–Kier alpha value is -1.99. The average molecular weight is 470 g/mol. The molecule has 178 valence electrons. The maximum atomic E-state index is 12.1. The number of carboxylic acid groups (broad SMARTS) is 1. The fourth-order valence-electron chi connectivity index (χ4n) is 5.37. The Morgan fingerprint density at radius 2 is 2.06 bits per heavy atom. The van der Waals surface area contributed by atoms with E-state index in [1.54, 1.807) is 0 Å². The third-order valence-electron chi connectivity index (χ3n) is 7.17. The fraction of sp³-hybridized carbons (Fsp3) is 0.519. The summed E-state index contributed by atoms with van der Waals surface area (Å²) in [6, 6.07) is 14.2. The van der Waals surface area contributed by atoms with E-state index in [1.807, 2.05) is 29.5 Å². The van der Waals surface area contributed by atoms with Crippen molar-refractivity contribution >= 4 is 17.3 Å². The predicted octanol–water partition coefficient (Wildman–Crippen LogP) is 5.48. The SMILES string of the molecule is CC=C(CCC(C(=O)O)N1CCOCC1)C1(OCc2ccccc2)CCC(c2cccs2)C1. The number of hydrogen-bond acceptors (Lipinski definition) is 5. The van der Waals surface area contributed by atoms with Crippen LogP contribution in [0.15, 0.2) is 59.5 Å². The van der Waals surface area contributed by atoms with Crippen LogP contribution in [0.2, 0.25) is 0 Å². The topological polar surface area (TPSA) is 59.0 Å². The summed E-state index contributed by atoms with van der Waals surface area (Å²) >= 11 is 1.82. The van der Waals surface area contributed by atoms with Crippen LogP contribution in [-0.4, -0.2) is 53.9 Å². The normalized spacial score (nSPS) is 25.2. The van der Waals surface area contributed by atoms with Gasteiger partial charge >= 0.3 is 5.97 Å². The number of aliphatic carboxylic acids is 1. The molecule has 1 aliphatic carbocycles. The Balaban J connectivity index is 1.50. The molecule has 1 saturated heterocycles. The Morgan fingerprint density at radius 1 is 1.27 bits per heavy atom. The zero-order valence-electron chi connectivity index (χ0n) is 19.4. The number of carbonyl (C=O) groups is 1. The first-order valence-electron chi connectivity index (χ1n) is 12.0. The summed E-state index contributed by atoms with van der Waals surface area (Å²) in [5, 5.41) is 12.1. The molecule has 3 unspecified atom stereocenters. The number of rotatable bonds is 10. The molecule has 0 amide bonds. The van der Waals surface area contributed by atoms with Gasteiger partial charge in [0.25, 0.3) is 0 Å². The summed E-state index contributed by atoms with van der Waals surface area (Å²) < 4.78 is 12.2. The molecule has 2 heterocycles. The second kappa shape index (κ2) is 11.4. The molecule has 4 rings (SSSR count). The van der Waals surface area contributed by atoms with E-state index in [0.717, 1.165) is 25.7 Å². The van der Waals surface area contributed by atoms with Crippen molar-refractivity contribution < 1.29 is 19.4 Å². The lowest BCUT2D eigenvalue weighted by atomic mass is 9.85. The van der Waals surface area contributed by atoms with Gasteiger partial charge in [0.1, 0.15) is 6.04 Å². The molecule has 1 aliphatic heterocycles. The van der Waals surface area contributed by atoms with Gasteiger partial charge in [-0.15, -0.1) is 11.3 Å². The molecule has 2 fully saturated rings. The van der Waals surface area contributed by atoms with Gasteiger partial charge in [-0.3, -0.25) is 9.69 Å². The minimum Gasteiger partial charge on any atom is -0.480 e. The van der Waals surface area contributed by atoms with Crippen LogP contribution in [0, 0.1) is 0 Å². The number of nitrogens with zero attached hydrogens (tertiary/aromatic N) is 1. The molecule has 33 heavy (non-hydrogen) atoms. The van der Waals surface area contributed by atoms with Crippen molar-refractivity contribution in [3.63, 3.8) is 0 Å². The van der Waals surface area contributed by atoms with E-state index in [0.29, 0.717) is 45.2 Å². The smallest absolute Gasteiger partial charge is 0.320 e. The molecule has 5 nitrogen and oxygen atoms in total. The first-order chi connectivity index (χ1) is 16.1. The highest BCUT2D eigenvalue weighted by Crippen LogP contribution is 2.49. The van der Waals surface area contributed by atoms with Crippen LogP contribution in [0.25, 0.3) is 0 Å². The Kier molecular flexibility index (Phi) is 8.36. The summed E-state index contributed by atoms with van der Waals surface area (Å²) in [5.74, 6) is -0.250. The highest BCUT2D eigenvalue weighted by molar-refractivity contribution is 7.10. The molecule has 1 aromatic heterocycles. The second-order valence-electron chi connectivity index (χ2n) is 9.08. The lowest BCUT2D eigenvalue weighted by Crippen LogP contribution is -2.47. The Bertz CT molecular complexity index is 907. The standard InChI is InChI=1S/C27H35NO4S/c1-2-23(10-11-24(26(29)30)28-14-16-31-17-15-28)27(32-20-21-7-4-3-5-8-21)13-12-22(19-27)25-9-6-18-33-25/h2-9,18,22,24H,10-17,19-20H2,1H3,(H,29,30). The van der Waals surface area contributed by atoms with E-state index < -0.39 is 12.0 Å². The maximum absolute atomic E-state index is 12.1. The minimum absolute atomic E-state index is 0.340. The van der Waals surface area contributed by atoms with Crippen molar-refractivity contribution in [2.75, 3.05) is 26.3 Å². The first kappa shape index (κ1) is 24.1. The van der Waals surface area contributed by atoms with Crippen LogP contribution in [0.5, 0.6) is 0 Å². The molecule has 2 aromatic rings. The molecule has 0 radical (unpaired) electrons. The molecular weight excluding hydrogens is 434 g/mol. The van der Waals surface area contributed by atoms with Gasteiger partial charge in [0.05, 0.1) is 25.4 Å². The van der Waals surface area contributed by atoms with Gasteiger partial charge in [-0.2, -0.15) is 0 Å². The third-order valence-corrected chi connectivity index (χ3v) is 8.20. The van der Waals surface area contributed by atoms with Crippen molar-refractivity contribution in [1.82, 2.24) is 4.90 Å². The van der Waals surface area contributed by atoms with Gasteiger partial charge in [0, 0.05) is 18.0 Å². The van der Waals surface area contributed by atoms with E-state index >= 15 is 0 Å². The number of hydrogen-bond donors (Lipinski definition) is 1. The van der Waals surface area contributed by atoms with Gasteiger partial charge in [-0.1, -0.05) is 42.5 Å². The highest BCUT2D eigenvalue weighted by atomic mass is 32.1. The van der Waals surface area contributed by atoms with E-state index in [9.17, 15) is 9.90 Å². The van der Waals surface area contributed by atoms with Crippen molar-refractivity contribution in [2.45, 2.75) is 63.2 Å². The van der Waals surface area contributed by atoms with Crippen LogP contribution in [0.1, 0.15) is 55.4 Å². The molecule has 0 spiro atoms. The molecule has 3 atom stereocenters. The highest BCUT2D eigenvalue weighted by Gasteiger charge is 2.44. The fourth-order valence-corrected chi connectivity index (χ4v) is 6.23. The predicted molar refractivity (Wildman–Crippen MR) is 132 cm³/mol. The van der Waals surface area contributed by atoms with Gasteiger partial charge in [-0.25, -0.2) is 0 Å². The van der Waals surface area contributed by atoms with E-state index in [1.165, 1.54) is 16.0 Å². The average Bonchev–Trinajstić information content (AvgIpc) is 3.53. The number of carboxylic acids is 1. The molecule has 1 N–H and O–H groups in total. The van der Waals surface area contributed by atoms with Crippen LogP contribution < -0.4 is 0 Å². The van der Waals surface area contributed by atoms with Crippen LogP contribution in [0.4, 0.5) is 0 Å². The summed E-state index contributed by atoms with van der Waals surface area (Å²) in [6.07, 6.45) is 6.52. The number of morpholine rings is 1. The third kappa shape index (κ3) is 5.93. The Morgan fingerprint density at radius 3 is 2.73 bits per heavy atom. The van der Waals surface area contributed by atoms with Gasteiger partial charge in [0.2, 0.25) is 0 Å². The molecular formula is C27H35NO4S. The molecule has 1 aromatic carbocycles. The number of ether oxygens (including phenoxy) is 2. The van der Waals surface area contributed by atoms with Gasteiger partial charge in [-0.05, 0) is 67.5 Å². The summed E-state index contributed by atoms with van der Waals surface area (Å²) in [5.41, 5.74) is 2.08. The van der Waals surface area contributed by atoms with Crippen LogP contribution >= 0.6 is 11.3 Å². The van der Waals surface area contributed by atoms with Crippen molar-refractivity contribution in [3.05, 3.63) is 69.9 Å². The molecule has 1 saturated carbocycles. The van der Waals surface area contributed by atoms with Crippen LogP contribution in [0.3, 0.4) is 0 Å². The van der Waals surface area contributed by atoms with Gasteiger partial charge < -0.3 is 14.6 Å². The zero-order valence-corrected chi connectivity index (χ0v) is 20.3. The second-order valence-corrected chi connectivity index (χ2v) is 10.1.